The number of aromatic nitrogens is 1. The van der Waals surface area contributed by atoms with Crippen LogP contribution in [0.5, 0.6) is 23.3 Å². The number of methoxy groups -OCH3 is 4. The molecular formula is C24H30N2O8. The monoisotopic (exact) mass is 474 g/mol. The van der Waals surface area contributed by atoms with Gasteiger partial charge in [-0.15, -0.1) is 5.48 Å². The summed E-state index contributed by atoms with van der Waals surface area (Å²) in [6.45, 7) is 1.40. The first-order valence-corrected chi connectivity index (χ1v) is 10.8. The normalized spacial score (nSPS) is 19.6. The first-order chi connectivity index (χ1) is 16.4. The van der Waals surface area contributed by atoms with Crippen molar-refractivity contribution >= 4 is 11.9 Å². The Kier molecular flexibility index (Phi) is 8.53. The lowest BCUT2D eigenvalue weighted by atomic mass is 9.79. The Hall–Kier alpha value is -3.53. The van der Waals surface area contributed by atoms with Crippen molar-refractivity contribution in [1.29, 1.82) is 0 Å². The van der Waals surface area contributed by atoms with Crippen molar-refractivity contribution in [2.75, 3.05) is 28.4 Å². The number of nitrogens with zero attached hydrogens (tertiary/aromatic N) is 1. The molecule has 2 aromatic rings. The number of pyridine rings is 1. The number of esters is 1. The minimum Gasteiger partial charge on any atom is -0.493 e. The molecule has 1 aliphatic carbocycles. The Morgan fingerprint density at radius 1 is 0.941 bits per heavy atom. The lowest BCUT2D eigenvalue weighted by molar-refractivity contribution is -0.148. The van der Waals surface area contributed by atoms with Gasteiger partial charge >= 0.3 is 11.9 Å². The Morgan fingerprint density at radius 3 is 2.35 bits per heavy atom. The number of hydrogen-bond donors (Lipinski definition) is 1. The average Bonchev–Trinajstić information content (AvgIpc) is 2.86. The van der Waals surface area contributed by atoms with Crippen molar-refractivity contribution in [1.82, 2.24) is 10.5 Å². The van der Waals surface area contributed by atoms with Crippen molar-refractivity contribution in [2.45, 2.75) is 44.2 Å². The lowest BCUT2D eigenvalue weighted by Gasteiger charge is -2.36. The summed E-state index contributed by atoms with van der Waals surface area (Å²) in [4.78, 5) is 33.8. The number of carbonyl (C=O) groups excluding carboxylic acids is 2. The van der Waals surface area contributed by atoms with Crippen LogP contribution in [-0.4, -0.2) is 57.5 Å². The Morgan fingerprint density at radius 2 is 1.71 bits per heavy atom. The Bertz CT molecular complexity index is 1010. The molecule has 0 saturated heterocycles. The average molecular weight is 475 g/mol. The molecule has 3 unspecified atom stereocenters. The maximum Gasteiger partial charge on any atom is 0.362 e. The fourth-order valence-corrected chi connectivity index (χ4v) is 4.10. The standard InChI is InChI=1S/C24H30N2O8/c1-14(27)33-16-7-9-19(18(13-16)15-6-10-20(29-2)21(12-15)30-3)26-34-24(28)17-8-11-22(31-4)25-23(17)32-5/h6,8,10-12,16,18-19,26H,7,9,13H2,1-5H3. The summed E-state index contributed by atoms with van der Waals surface area (Å²) < 4.78 is 26.5. The van der Waals surface area contributed by atoms with E-state index in [1.807, 2.05) is 18.2 Å². The number of rotatable bonds is 9. The Balaban J connectivity index is 1.80. The summed E-state index contributed by atoms with van der Waals surface area (Å²) in [6, 6.07) is 8.47. The van der Waals surface area contributed by atoms with Gasteiger partial charge in [0.2, 0.25) is 11.8 Å². The van der Waals surface area contributed by atoms with Gasteiger partial charge in [-0.2, -0.15) is 4.98 Å². The van der Waals surface area contributed by atoms with Crippen LogP contribution in [0.3, 0.4) is 0 Å². The lowest BCUT2D eigenvalue weighted by Crippen LogP contribution is -2.42. The van der Waals surface area contributed by atoms with E-state index in [1.54, 1.807) is 20.3 Å². The molecule has 3 atom stereocenters. The van der Waals surface area contributed by atoms with Gasteiger partial charge in [0.05, 0.1) is 34.5 Å². The van der Waals surface area contributed by atoms with E-state index in [-0.39, 0.29) is 35.5 Å². The summed E-state index contributed by atoms with van der Waals surface area (Å²) in [5.41, 5.74) is 4.01. The molecule has 3 rings (SSSR count). The molecule has 1 N–H and O–H groups in total. The van der Waals surface area contributed by atoms with Crippen LogP contribution in [0.4, 0.5) is 0 Å². The second kappa shape index (κ2) is 11.6. The zero-order valence-corrected chi connectivity index (χ0v) is 20.0. The van der Waals surface area contributed by atoms with E-state index in [4.69, 9.17) is 28.5 Å². The third-order valence-electron chi connectivity index (χ3n) is 5.73. The molecule has 0 radical (unpaired) electrons. The second-order valence-corrected chi connectivity index (χ2v) is 7.79. The van der Waals surface area contributed by atoms with E-state index in [0.29, 0.717) is 36.6 Å². The highest BCUT2D eigenvalue weighted by atomic mass is 16.7. The molecule has 0 amide bonds. The number of hydrogen-bond acceptors (Lipinski definition) is 10. The summed E-state index contributed by atoms with van der Waals surface area (Å²) in [5.74, 6) is 0.516. The molecule has 1 aromatic heterocycles. The van der Waals surface area contributed by atoms with Crippen molar-refractivity contribution in [3.8, 4) is 23.3 Å². The fraction of sp³-hybridized carbons (Fsp3) is 0.458. The van der Waals surface area contributed by atoms with Gasteiger partial charge in [0.15, 0.2) is 11.5 Å². The van der Waals surface area contributed by atoms with E-state index in [1.165, 1.54) is 27.2 Å². The molecule has 1 saturated carbocycles. The van der Waals surface area contributed by atoms with Crippen LogP contribution in [0.25, 0.3) is 0 Å². The molecule has 0 bridgehead atoms. The third kappa shape index (κ3) is 5.88. The van der Waals surface area contributed by atoms with Crippen LogP contribution >= 0.6 is 0 Å². The van der Waals surface area contributed by atoms with Crippen molar-refractivity contribution < 1.29 is 38.1 Å². The molecule has 0 spiro atoms. The largest absolute Gasteiger partial charge is 0.493 e. The van der Waals surface area contributed by atoms with Crippen LogP contribution in [0, 0.1) is 0 Å². The molecule has 1 heterocycles. The summed E-state index contributed by atoms with van der Waals surface area (Å²) in [6.07, 6.45) is 1.56. The topological polar surface area (TPSA) is 114 Å². The SMILES string of the molecule is COc1ccc(C(=O)ONC2CCC(OC(C)=O)CC2c2ccc(OC)c(OC)c2)c(OC)n1. The first kappa shape index (κ1) is 25.1. The zero-order valence-electron chi connectivity index (χ0n) is 20.0. The van der Waals surface area contributed by atoms with Crippen molar-refractivity contribution in [3.63, 3.8) is 0 Å². The maximum atomic E-state index is 12.8. The predicted molar refractivity (Wildman–Crippen MR) is 121 cm³/mol. The highest BCUT2D eigenvalue weighted by molar-refractivity contribution is 5.91. The van der Waals surface area contributed by atoms with Crippen molar-refractivity contribution in [3.05, 3.63) is 41.5 Å². The molecular weight excluding hydrogens is 444 g/mol. The molecule has 184 valence electrons. The molecule has 1 fully saturated rings. The van der Waals surface area contributed by atoms with Crippen LogP contribution in [0.15, 0.2) is 30.3 Å². The van der Waals surface area contributed by atoms with E-state index in [0.717, 1.165) is 5.56 Å². The fourth-order valence-electron chi connectivity index (χ4n) is 4.10. The maximum absolute atomic E-state index is 12.8. The van der Waals surface area contributed by atoms with Crippen LogP contribution in [-0.2, 0) is 14.4 Å². The summed E-state index contributed by atoms with van der Waals surface area (Å²) >= 11 is 0. The second-order valence-electron chi connectivity index (χ2n) is 7.79. The summed E-state index contributed by atoms with van der Waals surface area (Å²) in [5, 5.41) is 0. The van der Waals surface area contributed by atoms with E-state index in [9.17, 15) is 9.59 Å². The Labute approximate surface area is 198 Å². The minimum absolute atomic E-state index is 0.0983. The van der Waals surface area contributed by atoms with Gasteiger partial charge in [-0.05, 0) is 43.0 Å². The molecule has 34 heavy (non-hydrogen) atoms. The number of ether oxygens (including phenoxy) is 5. The molecule has 10 heteroatoms. The smallest absolute Gasteiger partial charge is 0.362 e. The quantitative estimate of drug-likeness (QED) is 0.430. The zero-order chi connectivity index (χ0) is 24.7. The van der Waals surface area contributed by atoms with Crippen molar-refractivity contribution in [2.24, 2.45) is 0 Å². The van der Waals surface area contributed by atoms with Crippen LogP contribution in [0.2, 0.25) is 0 Å². The highest BCUT2D eigenvalue weighted by Gasteiger charge is 2.35. The third-order valence-corrected chi connectivity index (χ3v) is 5.73. The molecule has 1 aromatic carbocycles. The van der Waals surface area contributed by atoms with Gasteiger partial charge in [0.25, 0.3) is 0 Å². The first-order valence-electron chi connectivity index (χ1n) is 10.8. The molecule has 0 aliphatic heterocycles. The number of benzene rings is 1. The van der Waals surface area contributed by atoms with Crippen LogP contribution < -0.4 is 24.4 Å². The van der Waals surface area contributed by atoms with Gasteiger partial charge in [-0.3, -0.25) is 4.79 Å². The number of hydroxylamine groups is 1. The summed E-state index contributed by atoms with van der Waals surface area (Å²) in [7, 11) is 6.02. The molecule has 10 nitrogen and oxygen atoms in total. The number of nitrogens with one attached hydrogen (secondary N) is 1. The van der Waals surface area contributed by atoms with Crippen LogP contribution in [0.1, 0.15) is 48.0 Å². The van der Waals surface area contributed by atoms with E-state index in [2.05, 4.69) is 10.5 Å². The van der Waals surface area contributed by atoms with E-state index < -0.39 is 5.97 Å². The minimum atomic E-state index is -0.639. The van der Waals surface area contributed by atoms with Gasteiger partial charge < -0.3 is 28.5 Å². The van der Waals surface area contributed by atoms with Gasteiger partial charge in [-0.1, -0.05) is 6.07 Å². The van der Waals surface area contributed by atoms with Gasteiger partial charge in [0.1, 0.15) is 11.7 Å². The molecule has 1 aliphatic rings. The van der Waals surface area contributed by atoms with E-state index >= 15 is 0 Å². The highest BCUT2D eigenvalue weighted by Crippen LogP contribution is 2.38. The predicted octanol–water partition coefficient (Wildman–Crippen LogP) is 3.05. The van der Waals surface area contributed by atoms with Gasteiger partial charge in [-0.25, -0.2) is 4.79 Å². The van der Waals surface area contributed by atoms with Gasteiger partial charge in [0, 0.05) is 18.9 Å². The number of carbonyl (C=O) groups is 2.